The van der Waals surface area contributed by atoms with Gasteiger partial charge < -0.3 is 0 Å². The molecule has 4 heteroatoms. The first-order valence-electron chi connectivity index (χ1n) is 2.44. The Morgan fingerprint density at radius 1 is 2.00 bits per heavy atom. The van der Waals surface area contributed by atoms with Crippen LogP contribution < -0.4 is 5.84 Å². The van der Waals surface area contributed by atoms with E-state index < -0.39 is 0 Å². The zero-order chi connectivity index (χ0) is 7.28. The van der Waals surface area contributed by atoms with Gasteiger partial charge in [0.25, 0.3) is 0 Å². The minimum absolute atomic E-state index is 0.690. The number of hydrogen-bond donors (Lipinski definition) is 1. The quantitative estimate of drug-likeness (QED) is 0.284. The average Bonchev–Trinajstić information content (AvgIpc) is 1.82. The molecule has 0 saturated carbocycles. The summed E-state index contributed by atoms with van der Waals surface area (Å²) >= 11 is 6.36. The van der Waals surface area contributed by atoms with Crippen molar-refractivity contribution in [1.82, 2.24) is 5.01 Å². The molecule has 0 bridgehead atoms. The maximum Gasteiger partial charge on any atom is 0.150 e. The summed E-state index contributed by atoms with van der Waals surface area (Å²) in [5.74, 6) is 6.13. The molecule has 0 heterocycles. The Kier molecular flexibility index (Phi) is 4.75. The van der Waals surface area contributed by atoms with Gasteiger partial charge in [0.2, 0.25) is 0 Å². The zero-order valence-corrected chi connectivity index (χ0v) is 6.97. The molecule has 2 nitrogen and oxygen atoms in total. The van der Waals surface area contributed by atoms with Crippen molar-refractivity contribution < 1.29 is 0 Å². The molecule has 0 aliphatic carbocycles. The van der Waals surface area contributed by atoms with Gasteiger partial charge in [-0.2, -0.15) is 0 Å². The number of hydrazine groups is 1. The Morgan fingerprint density at radius 3 is 2.89 bits per heavy atom. The van der Waals surface area contributed by atoms with Crippen LogP contribution in [-0.4, -0.2) is 22.1 Å². The number of thioether (sulfide) groups is 1. The number of rotatable bonds is 2. The van der Waals surface area contributed by atoms with Crippen molar-refractivity contribution in [2.45, 2.75) is 0 Å². The summed E-state index contributed by atoms with van der Waals surface area (Å²) in [6, 6.07) is 0. The van der Waals surface area contributed by atoms with E-state index in [1.54, 1.807) is 13.1 Å². The Morgan fingerprint density at radius 2 is 2.56 bits per heavy atom. The lowest BCUT2D eigenvalue weighted by molar-refractivity contribution is 0.560. The van der Waals surface area contributed by atoms with Crippen molar-refractivity contribution in [3.63, 3.8) is 0 Å². The molecule has 0 aromatic heterocycles. The molecule has 0 aliphatic rings. The van der Waals surface area contributed by atoms with E-state index in [1.165, 1.54) is 16.8 Å². The molecule has 0 aliphatic heterocycles. The molecular formula is C5H10N2S2. The second kappa shape index (κ2) is 4.78. The fourth-order valence-electron chi connectivity index (χ4n) is 0.232. The third-order valence-corrected chi connectivity index (χ3v) is 2.19. The van der Waals surface area contributed by atoms with Crippen molar-refractivity contribution in [2.75, 3.05) is 12.8 Å². The highest BCUT2D eigenvalue weighted by molar-refractivity contribution is 8.22. The predicted octanol–water partition coefficient (Wildman–Crippen LogP) is 0.996. The third kappa shape index (κ3) is 4.44. The van der Waals surface area contributed by atoms with Crippen molar-refractivity contribution in [3.8, 4) is 0 Å². The summed E-state index contributed by atoms with van der Waals surface area (Å²) < 4.78 is 0.690. The minimum atomic E-state index is 0.690. The highest BCUT2D eigenvalue weighted by Gasteiger charge is 1.95. The fraction of sp³-hybridized carbons (Fsp3) is 0.400. The van der Waals surface area contributed by atoms with E-state index in [0.29, 0.717) is 4.32 Å². The number of nitrogens with two attached hydrogens (primary N) is 1. The van der Waals surface area contributed by atoms with Crippen molar-refractivity contribution in [1.29, 1.82) is 0 Å². The number of hydrogen-bond acceptors (Lipinski definition) is 3. The number of nitrogens with zero attached hydrogens (tertiary/aromatic N) is 1. The van der Waals surface area contributed by atoms with E-state index in [9.17, 15) is 0 Å². The van der Waals surface area contributed by atoms with Gasteiger partial charge in [-0.25, -0.2) is 5.84 Å². The van der Waals surface area contributed by atoms with Crippen LogP contribution in [0.5, 0.6) is 0 Å². The van der Waals surface area contributed by atoms with Crippen molar-refractivity contribution in [2.24, 2.45) is 5.84 Å². The summed E-state index contributed by atoms with van der Waals surface area (Å²) in [6.45, 7) is 3.55. The maximum absolute atomic E-state index is 5.31. The van der Waals surface area contributed by atoms with E-state index in [0.717, 1.165) is 5.75 Å². The molecule has 0 amide bonds. The lowest BCUT2D eigenvalue weighted by atomic mass is 10.8. The van der Waals surface area contributed by atoms with Crippen LogP contribution in [0.15, 0.2) is 12.7 Å². The Hall–Kier alpha value is -0.0600. The molecule has 0 fully saturated rings. The Bertz CT molecular complexity index is 112. The highest BCUT2D eigenvalue weighted by atomic mass is 32.2. The van der Waals surface area contributed by atoms with Gasteiger partial charge in [-0.05, 0) is 0 Å². The van der Waals surface area contributed by atoms with E-state index in [2.05, 4.69) is 6.58 Å². The summed E-state index contributed by atoms with van der Waals surface area (Å²) in [5.41, 5.74) is 0. The van der Waals surface area contributed by atoms with Crippen LogP contribution in [-0.2, 0) is 0 Å². The van der Waals surface area contributed by atoms with Crippen LogP contribution in [0.2, 0.25) is 0 Å². The SMILES string of the molecule is C=CCSC(=S)N(C)N. The van der Waals surface area contributed by atoms with E-state index in [1.807, 2.05) is 0 Å². The predicted molar refractivity (Wildman–Crippen MR) is 47.2 cm³/mol. The summed E-state index contributed by atoms with van der Waals surface area (Å²) in [5, 5.41) is 1.42. The van der Waals surface area contributed by atoms with E-state index >= 15 is 0 Å². The van der Waals surface area contributed by atoms with E-state index in [4.69, 9.17) is 18.1 Å². The monoisotopic (exact) mass is 162 g/mol. The smallest absolute Gasteiger partial charge is 0.150 e. The Balaban J connectivity index is 3.38. The van der Waals surface area contributed by atoms with Gasteiger partial charge in [-0.15, -0.1) is 6.58 Å². The topological polar surface area (TPSA) is 29.3 Å². The van der Waals surface area contributed by atoms with Gasteiger partial charge in [-0.1, -0.05) is 30.1 Å². The van der Waals surface area contributed by atoms with Crippen LogP contribution in [0.1, 0.15) is 0 Å². The summed E-state index contributed by atoms with van der Waals surface area (Å²) in [7, 11) is 1.72. The molecule has 0 unspecified atom stereocenters. The standard InChI is InChI=1S/C5H10N2S2/c1-3-4-9-5(8)7(2)6/h3H,1,4,6H2,2H3. The van der Waals surface area contributed by atoms with Gasteiger partial charge in [0.15, 0.2) is 0 Å². The molecule has 0 spiro atoms. The van der Waals surface area contributed by atoms with Gasteiger partial charge in [-0.3, -0.25) is 5.01 Å². The van der Waals surface area contributed by atoms with Crippen LogP contribution in [0.4, 0.5) is 0 Å². The Labute approximate surface area is 65.1 Å². The normalized spacial score (nSPS) is 8.67. The number of thiocarbonyl (C=S) groups is 1. The molecule has 0 aromatic carbocycles. The molecule has 0 atom stereocenters. The van der Waals surface area contributed by atoms with Gasteiger partial charge >= 0.3 is 0 Å². The molecule has 52 valence electrons. The fourth-order valence-corrected chi connectivity index (χ4v) is 0.900. The highest BCUT2D eigenvalue weighted by Crippen LogP contribution is 2.03. The molecular weight excluding hydrogens is 152 g/mol. The first-order valence-corrected chi connectivity index (χ1v) is 3.84. The molecule has 0 saturated heterocycles. The van der Waals surface area contributed by atoms with Gasteiger partial charge in [0.1, 0.15) is 4.32 Å². The van der Waals surface area contributed by atoms with Crippen LogP contribution in [0.3, 0.4) is 0 Å². The minimum Gasteiger partial charge on any atom is -0.299 e. The van der Waals surface area contributed by atoms with Crippen molar-refractivity contribution in [3.05, 3.63) is 12.7 Å². The first-order chi connectivity index (χ1) is 4.18. The van der Waals surface area contributed by atoms with Crippen LogP contribution in [0, 0.1) is 0 Å². The largest absolute Gasteiger partial charge is 0.299 e. The zero-order valence-electron chi connectivity index (χ0n) is 5.33. The lowest BCUT2D eigenvalue weighted by Crippen LogP contribution is -2.29. The van der Waals surface area contributed by atoms with Gasteiger partial charge in [0, 0.05) is 12.8 Å². The molecule has 0 rings (SSSR count). The second-order valence-electron chi connectivity index (χ2n) is 1.48. The molecule has 0 radical (unpaired) electrons. The molecule has 2 N–H and O–H groups in total. The van der Waals surface area contributed by atoms with Crippen LogP contribution >= 0.6 is 24.0 Å². The molecule has 9 heavy (non-hydrogen) atoms. The van der Waals surface area contributed by atoms with Gasteiger partial charge in [0.05, 0.1) is 0 Å². The summed E-state index contributed by atoms with van der Waals surface area (Å²) in [4.78, 5) is 0. The maximum atomic E-state index is 5.31. The lowest BCUT2D eigenvalue weighted by Gasteiger charge is -2.10. The third-order valence-electron chi connectivity index (χ3n) is 0.613. The summed E-state index contributed by atoms with van der Waals surface area (Å²) in [6.07, 6.45) is 1.79. The van der Waals surface area contributed by atoms with Crippen molar-refractivity contribution >= 4 is 28.3 Å². The first kappa shape index (κ1) is 8.94. The van der Waals surface area contributed by atoms with Crippen LogP contribution in [0.25, 0.3) is 0 Å². The van der Waals surface area contributed by atoms with E-state index in [-0.39, 0.29) is 0 Å². The molecule has 0 aromatic rings. The second-order valence-corrected chi connectivity index (χ2v) is 3.13. The average molecular weight is 162 g/mol.